The van der Waals surface area contributed by atoms with Gasteiger partial charge >= 0.3 is 11.9 Å². The van der Waals surface area contributed by atoms with E-state index in [4.69, 9.17) is 5.11 Å². The maximum Gasteiger partial charge on any atom is 0.307 e. The molecule has 0 bridgehead atoms. The zero-order valence-corrected chi connectivity index (χ0v) is 12.3. The second-order valence-corrected chi connectivity index (χ2v) is 6.01. The van der Waals surface area contributed by atoms with E-state index in [0.717, 1.165) is 19.5 Å². The van der Waals surface area contributed by atoms with Crippen LogP contribution >= 0.6 is 0 Å². The van der Waals surface area contributed by atoms with Crippen LogP contribution in [-0.4, -0.2) is 59.3 Å². The highest BCUT2D eigenvalue weighted by molar-refractivity contribution is 5.70. The van der Waals surface area contributed by atoms with Gasteiger partial charge in [0.05, 0.1) is 12.3 Å². The third-order valence-corrected chi connectivity index (χ3v) is 3.67. The molecule has 1 fully saturated rings. The average Bonchev–Trinajstić information content (AvgIpc) is 2.35. The molecule has 0 aliphatic carbocycles. The standard InChI is InChI=1S/C14H26N2O4/c1-10(2)3-5-15-12-7-11(14(19)20)8-16(9-12)6-4-13(17)18/h10-12,15H,3-9H2,1-2H3,(H,17,18)(H,19,20). The van der Waals surface area contributed by atoms with Gasteiger partial charge in [0, 0.05) is 25.7 Å². The second-order valence-electron chi connectivity index (χ2n) is 6.01. The minimum atomic E-state index is -0.841. The van der Waals surface area contributed by atoms with Crippen molar-refractivity contribution in [2.75, 3.05) is 26.2 Å². The zero-order valence-electron chi connectivity index (χ0n) is 12.3. The number of aliphatic carboxylic acids is 2. The summed E-state index contributed by atoms with van der Waals surface area (Å²) in [5.74, 6) is -1.42. The van der Waals surface area contributed by atoms with E-state index >= 15 is 0 Å². The molecule has 0 spiro atoms. The van der Waals surface area contributed by atoms with Crippen LogP contribution in [-0.2, 0) is 9.59 Å². The molecule has 20 heavy (non-hydrogen) atoms. The SMILES string of the molecule is CC(C)CCNC1CC(C(=O)O)CN(CCC(=O)O)C1. The Bertz CT molecular complexity index is 333. The lowest BCUT2D eigenvalue weighted by Gasteiger charge is -2.36. The quantitative estimate of drug-likeness (QED) is 0.613. The van der Waals surface area contributed by atoms with Gasteiger partial charge in [-0.1, -0.05) is 13.8 Å². The van der Waals surface area contributed by atoms with E-state index < -0.39 is 17.9 Å². The molecule has 6 heteroatoms. The summed E-state index contributed by atoms with van der Waals surface area (Å²) in [4.78, 5) is 23.8. The Hall–Kier alpha value is -1.14. The van der Waals surface area contributed by atoms with E-state index in [1.807, 2.05) is 4.90 Å². The lowest BCUT2D eigenvalue weighted by molar-refractivity contribution is -0.144. The monoisotopic (exact) mass is 286 g/mol. The lowest BCUT2D eigenvalue weighted by atomic mass is 9.94. The maximum absolute atomic E-state index is 11.2. The van der Waals surface area contributed by atoms with Crippen molar-refractivity contribution in [2.24, 2.45) is 11.8 Å². The van der Waals surface area contributed by atoms with Crippen LogP contribution in [0.2, 0.25) is 0 Å². The molecule has 1 heterocycles. The molecule has 1 aliphatic heterocycles. The molecule has 0 radical (unpaired) electrons. The lowest BCUT2D eigenvalue weighted by Crippen LogP contribution is -2.51. The van der Waals surface area contributed by atoms with Crippen molar-refractivity contribution < 1.29 is 19.8 Å². The molecule has 0 aromatic rings. The molecule has 0 saturated carbocycles. The molecule has 0 amide bonds. The first-order valence-electron chi connectivity index (χ1n) is 7.28. The number of nitrogens with zero attached hydrogens (tertiary/aromatic N) is 1. The molecule has 1 saturated heterocycles. The van der Waals surface area contributed by atoms with Crippen LogP contribution in [0.4, 0.5) is 0 Å². The normalized spacial score (nSPS) is 23.9. The average molecular weight is 286 g/mol. The number of likely N-dealkylation sites (tertiary alicyclic amines) is 1. The van der Waals surface area contributed by atoms with Gasteiger partial charge in [-0.3, -0.25) is 9.59 Å². The first-order chi connectivity index (χ1) is 9.38. The number of nitrogens with one attached hydrogen (secondary N) is 1. The van der Waals surface area contributed by atoms with Crippen LogP contribution < -0.4 is 5.32 Å². The van der Waals surface area contributed by atoms with Crippen molar-refractivity contribution >= 4 is 11.9 Å². The molecule has 2 atom stereocenters. The van der Waals surface area contributed by atoms with Gasteiger partial charge in [0.1, 0.15) is 0 Å². The molecule has 6 nitrogen and oxygen atoms in total. The van der Waals surface area contributed by atoms with E-state index in [-0.39, 0.29) is 12.5 Å². The van der Waals surface area contributed by atoms with Crippen LogP contribution in [0.15, 0.2) is 0 Å². The number of piperidine rings is 1. The molecule has 116 valence electrons. The van der Waals surface area contributed by atoms with Gasteiger partial charge in [-0.15, -0.1) is 0 Å². The summed E-state index contributed by atoms with van der Waals surface area (Å²) in [7, 11) is 0. The van der Waals surface area contributed by atoms with Crippen LogP contribution in [0.5, 0.6) is 0 Å². The Morgan fingerprint density at radius 3 is 2.55 bits per heavy atom. The smallest absolute Gasteiger partial charge is 0.307 e. The third-order valence-electron chi connectivity index (χ3n) is 3.67. The van der Waals surface area contributed by atoms with Crippen molar-refractivity contribution in [3.05, 3.63) is 0 Å². The highest BCUT2D eigenvalue weighted by atomic mass is 16.4. The minimum Gasteiger partial charge on any atom is -0.481 e. The van der Waals surface area contributed by atoms with Gasteiger partial charge in [-0.05, 0) is 25.3 Å². The fraction of sp³-hybridized carbons (Fsp3) is 0.857. The van der Waals surface area contributed by atoms with E-state index in [0.29, 0.717) is 25.4 Å². The predicted molar refractivity (Wildman–Crippen MR) is 75.7 cm³/mol. The van der Waals surface area contributed by atoms with Crippen molar-refractivity contribution in [3.8, 4) is 0 Å². The Morgan fingerprint density at radius 1 is 1.30 bits per heavy atom. The summed E-state index contributed by atoms with van der Waals surface area (Å²) in [6, 6.07) is 0.136. The molecule has 0 aromatic heterocycles. The van der Waals surface area contributed by atoms with Crippen LogP contribution in [0.1, 0.15) is 33.1 Å². The fourth-order valence-corrected chi connectivity index (χ4v) is 2.53. The third kappa shape index (κ3) is 6.34. The number of rotatable bonds is 8. The van der Waals surface area contributed by atoms with Gasteiger partial charge < -0.3 is 20.4 Å². The molecule has 0 aromatic carbocycles. The summed E-state index contributed by atoms with van der Waals surface area (Å²) < 4.78 is 0. The van der Waals surface area contributed by atoms with Crippen molar-refractivity contribution in [2.45, 2.75) is 39.2 Å². The second kappa shape index (κ2) is 8.21. The summed E-state index contributed by atoms with van der Waals surface area (Å²) in [5, 5.41) is 21.3. The molecular formula is C14H26N2O4. The van der Waals surface area contributed by atoms with Crippen molar-refractivity contribution in [1.29, 1.82) is 0 Å². The summed E-state index contributed by atoms with van der Waals surface area (Å²) in [6.45, 7) is 6.78. The van der Waals surface area contributed by atoms with Gasteiger partial charge in [0.25, 0.3) is 0 Å². The number of carboxylic acids is 2. The van der Waals surface area contributed by atoms with Crippen molar-refractivity contribution in [3.63, 3.8) is 0 Å². The first-order valence-corrected chi connectivity index (χ1v) is 7.28. The molecule has 1 aliphatic rings. The summed E-state index contributed by atoms with van der Waals surface area (Å²) in [6.07, 6.45) is 1.74. The number of hydrogen-bond donors (Lipinski definition) is 3. The van der Waals surface area contributed by atoms with Crippen LogP contribution in [0, 0.1) is 11.8 Å². The highest BCUT2D eigenvalue weighted by Crippen LogP contribution is 2.18. The minimum absolute atomic E-state index is 0.0606. The van der Waals surface area contributed by atoms with Gasteiger partial charge in [0.15, 0.2) is 0 Å². The summed E-state index contributed by atoms with van der Waals surface area (Å²) >= 11 is 0. The Labute approximate surface area is 120 Å². The Balaban J connectivity index is 2.47. The molecular weight excluding hydrogens is 260 g/mol. The van der Waals surface area contributed by atoms with Crippen LogP contribution in [0.3, 0.4) is 0 Å². The number of hydrogen-bond acceptors (Lipinski definition) is 4. The Morgan fingerprint density at radius 2 is 2.00 bits per heavy atom. The van der Waals surface area contributed by atoms with Gasteiger partial charge in [-0.2, -0.15) is 0 Å². The Kier molecular flexibility index (Phi) is 6.95. The van der Waals surface area contributed by atoms with Crippen molar-refractivity contribution in [1.82, 2.24) is 10.2 Å². The largest absolute Gasteiger partial charge is 0.481 e. The van der Waals surface area contributed by atoms with Gasteiger partial charge in [0.2, 0.25) is 0 Å². The fourth-order valence-electron chi connectivity index (χ4n) is 2.53. The molecule has 1 rings (SSSR count). The van der Waals surface area contributed by atoms with Crippen LogP contribution in [0.25, 0.3) is 0 Å². The number of carbonyl (C=O) groups is 2. The summed E-state index contributed by atoms with van der Waals surface area (Å²) in [5.41, 5.74) is 0. The maximum atomic E-state index is 11.2. The van der Waals surface area contributed by atoms with E-state index in [1.165, 1.54) is 0 Å². The van der Waals surface area contributed by atoms with E-state index in [2.05, 4.69) is 19.2 Å². The highest BCUT2D eigenvalue weighted by Gasteiger charge is 2.31. The first kappa shape index (κ1) is 16.9. The predicted octanol–water partition coefficient (Wildman–Crippen LogP) is 0.872. The van der Waals surface area contributed by atoms with E-state index in [9.17, 15) is 14.7 Å². The zero-order chi connectivity index (χ0) is 15.1. The number of carboxylic acid groups (broad SMARTS) is 2. The molecule has 2 unspecified atom stereocenters. The van der Waals surface area contributed by atoms with Gasteiger partial charge in [-0.25, -0.2) is 0 Å². The van der Waals surface area contributed by atoms with E-state index in [1.54, 1.807) is 0 Å². The molecule has 3 N–H and O–H groups in total. The topological polar surface area (TPSA) is 89.9 Å².